The molecule has 2 aromatic rings. The minimum absolute atomic E-state index is 0.127. The topological polar surface area (TPSA) is 75.4 Å². The van der Waals surface area contributed by atoms with Crippen molar-refractivity contribution in [2.45, 2.75) is 13.1 Å². The highest BCUT2D eigenvalue weighted by Gasteiger charge is 2.09. The van der Waals surface area contributed by atoms with Crippen LogP contribution in [0.5, 0.6) is 0 Å². The van der Waals surface area contributed by atoms with Crippen LogP contribution in [0, 0.1) is 5.82 Å². The van der Waals surface area contributed by atoms with Crippen LogP contribution < -0.4 is 5.32 Å². The average Bonchev–Trinajstić information content (AvgIpc) is 2.78. The summed E-state index contributed by atoms with van der Waals surface area (Å²) in [6, 6.07) is 7.57. The zero-order chi connectivity index (χ0) is 13.0. The van der Waals surface area contributed by atoms with E-state index in [1.807, 2.05) is 0 Å². The lowest BCUT2D eigenvalue weighted by molar-refractivity contribution is 0.0685. The molecule has 0 radical (unpaired) electrons. The number of carboxylic acids is 1. The maximum absolute atomic E-state index is 12.9. The number of aromatic nitrogens is 1. The Balaban J connectivity index is 1.86. The molecule has 0 atom stereocenters. The van der Waals surface area contributed by atoms with Crippen molar-refractivity contribution in [1.82, 2.24) is 10.5 Å². The molecule has 5 nitrogen and oxygen atoms in total. The molecule has 2 rings (SSSR count). The van der Waals surface area contributed by atoms with Gasteiger partial charge in [-0.15, -0.1) is 0 Å². The summed E-state index contributed by atoms with van der Waals surface area (Å²) in [6.45, 7) is 0.789. The molecule has 0 bridgehead atoms. The molecule has 0 amide bonds. The highest BCUT2D eigenvalue weighted by atomic mass is 19.1. The summed E-state index contributed by atoms with van der Waals surface area (Å²) in [5.41, 5.74) is 0.672. The Kier molecular flexibility index (Phi) is 3.69. The molecule has 1 heterocycles. The van der Waals surface area contributed by atoms with Crippen molar-refractivity contribution in [3.63, 3.8) is 0 Å². The summed E-state index contributed by atoms with van der Waals surface area (Å²) in [4.78, 5) is 10.6. The summed E-state index contributed by atoms with van der Waals surface area (Å²) < 4.78 is 17.7. The van der Waals surface area contributed by atoms with Gasteiger partial charge in [0.25, 0.3) is 0 Å². The lowest BCUT2D eigenvalue weighted by Crippen LogP contribution is -2.12. The van der Waals surface area contributed by atoms with Gasteiger partial charge in [0, 0.05) is 12.6 Å². The summed E-state index contributed by atoms with van der Waals surface area (Å²) in [6.07, 6.45) is 0. The Bertz CT molecular complexity index is 554. The zero-order valence-electron chi connectivity index (χ0n) is 9.39. The number of hydrogen-bond donors (Lipinski definition) is 2. The van der Waals surface area contributed by atoms with Crippen molar-refractivity contribution in [2.24, 2.45) is 0 Å². The van der Waals surface area contributed by atoms with Gasteiger partial charge in [-0.1, -0.05) is 17.3 Å². The third-order valence-electron chi connectivity index (χ3n) is 2.30. The number of rotatable bonds is 5. The second-order valence-corrected chi connectivity index (χ2v) is 3.72. The number of aromatic carboxylic acids is 1. The minimum Gasteiger partial charge on any atom is -0.476 e. The third kappa shape index (κ3) is 3.14. The van der Waals surface area contributed by atoms with Crippen LogP contribution in [0.1, 0.15) is 21.8 Å². The smallest absolute Gasteiger partial charge is 0.358 e. The van der Waals surface area contributed by atoms with Crippen molar-refractivity contribution in [2.75, 3.05) is 0 Å². The third-order valence-corrected chi connectivity index (χ3v) is 2.30. The number of benzene rings is 1. The van der Waals surface area contributed by atoms with E-state index in [1.165, 1.54) is 18.2 Å². The van der Waals surface area contributed by atoms with E-state index in [2.05, 4.69) is 10.5 Å². The van der Waals surface area contributed by atoms with Crippen molar-refractivity contribution in [1.29, 1.82) is 0 Å². The predicted octanol–water partition coefficient (Wildman–Crippen LogP) is 1.80. The molecule has 0 unspecified atom stereocenters. The highest BCUT2D eigenvalue weighted by Crippen LogP contribution is 2.05. The predicted molar refractivity (Wildman–Crippen MR) is 60.4 cm³/mol. The standard InChI is InChI=1S/C12H11FN2O3/c13-9-3-1-2-8(4-9)6-14-7-10-5-11(12(16)17)15-18-10/h1-5,14H,6-7H2,(H,16,17). The molecule has 0 saturated carbocycles. The van der Waals surface area contributed by atoms with Crippen LogP contribution in [-0.4, -0.2) is 16.2 Å². The van der Waals surface area contributed by atoms with E-state index in [1.54, 1.807) is 12.1 Å². The molecule has 1 aromatic carbocycles. The van der Waals surface area contributed by atoms with Gasteiger partial charge in [-0.2, -0.15) is 0 Å². The molecule has 6 heteroatoms. The van der Waals surface area contributed by atoms with Crippen LogP contribution in [-0.2, 0) is 13.1 Å². The summed E-state index contributed by atoms with van der Waals surface area (Å²) >= 11 is 0. The largest absolute Gasteiger partial charge is 0.476 e. The Morgan fingerprint density at radius 3 is 2.89 bits per heavy atom. The van der Waals surface area contributed by atoms with Crippen LogP contribution in [0.2, 0.25) is 0 Å². The van der Waals surface area contributed by atoms with E-state index in [-0.39, 0.29) is 11.5 Å². The zero-order valence-corrected chi connectivity index (χ0v) is 9.39. The van der Waals surface area contributed by atoms with Crippen LogP contribution >= 0.6 is 0 Å². The molecule has 0 aliphatic carbocycles. The van der Waals surface area contributed by atoms with E-state index in [9.17, 15) is 9.18 Å². The second kappa shape index (κ2) is 5.42. The summed E-state index contributed by atoms with van der Waals surface area (Å²) in [5.74, 6) is -0.999. The van der Waals surface area contributed by atoms with Gasteiger partial charge in [0.2, 0.25) is 0 Å². The van der Waals surface area contributed by atoms with E-state index >= 15 is 0 Å². The van der Waals surface area contributed by atoms with Gasteiger partial charge in [-0.05, 0) is 17.7 Å². The molecule has 18 heavy (non-hydrogen) atoms. The molecule has 94 valence electrons. The maximum Gasteiger partial charge on any atom is 0.358 e. The van der Waals surface area contributed by atoms with Gasteiger partial charge in [0.05, 0.1) is 6.54 Å². The van der Waals surface area contributed by atoms with Gasteiger partial charge in [0.15, 0.2) is 11.5 Å². The first kappa shape index (κ1) is 12.3. The summed E-state index contributed by atoms with van der Waals surface area (Å²) in [5, 5.41) is 15.0. The van der Waals surface area contributed by atoms with Crippen molar-refractivity contribution < 1.29 is 18.8 Å². The number of nitrogens with zero attached hydrogens (tertiary/aromatic N) is 1. The first-order valence-corrected chi connectivity index (χ1v) is 5.29. The van der Waals surface area contributed by atoms with Crippen molar-refractivity contribution in [3.05, 3.63) is 53.2 Å². The van der Waals surface area contributed by atoms with Crippen molar-refractivity contribution >= 4 is 5.97 Å². The molecule has 0 aliphatic rings. The number of halogens is 1. The van der Waals surface area contributed by atoms with Gasteiger partial charge < -0.3 is 14.9 Å². The molecule has 0 spiro atoms. The lowest BCUT2D eigenvalue weighted by Gasteiger charge is -2.02. The first-order valence-electron chi connectivity index (χ1n) is 5.29. The molecule has 2 N–H and O–H groups in total. The van der Waals surface area contributed by atoms with E-state index < -0.39 is 5.97 Å². The van der Waals surface area contributed by atoms with Crippen LogP contribution in [0.25, 0.3) is 0 Å². The Morgan fingerprint density at radius 2 is 2.22 bits per heavy atom. The molecule has 1 aromatic heterocycles. The van der Waals surface area contributed by atoms with Gasteiger partial charge >= 0.3 is 5.97 Å². The van der Waals surface area contributed by atoms with Gasteiger partial charge in [-0.25, -0.2) is 9.18 Å². The van der Waals surface area contributed by atoms with E-state index in [0.717, 1.165) is 5.56 Å². The van der Waals surface area contributed by atoms with Gasteiger partial charge in [-0.3, -0.25) is 0 Å². The van der Waals surface area contributed by atoms with Crippen LogP contribution in [0.3, 0.4) is 0 Å². The Labute approximate surface area is 102 Å². The molecule has 0 aliphatic heterocycles. The fraction of sp³-hybridized carbons (Fsp3) is 0.167. The minimum atomic E-state index is -1.13. The second-order valence-electron chi connectivity index (χ2n) is 3.72. The quantitative estimate of drug-likeness (QED) is 0.846. The first-order chi connectivity index (χ1) is 8.65. The van der Waals surface area contributed by atoms with E-state index in [4.69, 9.17) is 9.63 Å². The summed E-state index contributed by atoms with van der Waals surface area (Å²) in [7, 11) is 0. The number of carbonyl (C=O) groups is 1. The SMILES string of the molecule is O=C(O)c1cc(CNCc2cccc(F)c2)on1. The average molecular weight is 250 g/mol. The van der Waals surface area contributed by atoms with E-state index in [0.29, 0.717) is 18.8 Å². The molecule has 0 saturated heterocycles. The van der Waals surface area contributed by atoms with Crippen LogP contribution in [0.15, 0.2) is 34.9 Å². The molecular weight excluding hydrogens is 239 g/mol. The number of carboxylic acid groups (broad SMARTS) is 1. The Hall–Kier alpha value is -2.21. The molecule has 0 fully saturated rings. The number of nitrogens with one attached hydrogen (secondary N) is 1. The lowest BCUT2D eigenvalue weighted by atomic mass is 10.2. The maximum atomic E-state index is 12.9. The normalized spacial score (nSPS) is 10.5. The Morgan fingerprint density at radius 1 is 1.39 bits per heavy atom. The highest BCUT2D eigenvalue weighted by molar-refractivity contribution is 5.85. The monoisotopic (exact) mass is 250 g/mol. The number of hydrogen-bond acceptors (Lipinski definition) is 4. The van der Waals surface area contributed by atoms with Gasteiger partial charge in [0.1, 0.15) is 5.82 Å². The van der Waals surface area contributed by atoms with Crippen LogP contribution in [0.4, 0.5) is 4.39 Å². The molecular formula is C12H11FN2O3. The van der Waals surface area contributed by atoms with Crippen molar-refractivity contribution in [3.8, 4) is 0 Å². The fourth-order valence-corrected chi connectivity index (χ4v) is 1.47. The fourth-order valence-electron chi connectivity index (χ4n) is 1.47.